The van der Waals surface area contributed by atoms with Crippen molar-refractivity contribution in [1.29, 1.82) is 0 Å². The van der Waals surface area contributed by atoms with Crippen LogP contribution in [0.15, 0.2) is 31.0 Å². The predicted molar refractivity (Wildman–Crippen MR) is 141 cm³/mol. The number of aryl methyl sites for hydroxylation is 1. The highest BCUT2D eigenvalue weighted by molar-refractivity contribution is 7.15. The first-order valence-corrected chi connectivity index (χ1v) is 12.4. The maximum Gasteiger partial charge on any atom is 0.320 e. The number of H-pyrrole nitrogens is 1. The van der Waals surface area contributed by atoms with Crippen molar-refractivity contribution in [3.63, 3.8) is 0 Å². The fourth-order valence-electron chi connectivity index (χ4n) is 3.69. The second-order valence-corrected chi connectivity index (χ2v) is 9.83. The zero-order chi connectivity index (χ0) is 24.1. The minimum absolute atomic E-state index is 0.343. The number of rotatable bonds is 9. The van der Waals surface area contributed by atoms with E-state index in [4.69, 9.17) is 9.72 Å². The van der Waals surface area contributed by atoms with Crippen molar-refractivity contribution in [2.75, 3.05) is 50.1 Å². The summed E-state index contributed by atoms with van der Waals surface area (Å²) in [5.41, 5.74) is 3.17. The molecule has 4 rings (SSSR count). The number of thiazole rings is 1. The van der Waals surface area contributed by atoms with E-state index in [1.807, 2.05) is 37.4 Å². The number of hydrogen-bond acceptors (Lipinski definition) is 8. The summed E-state index contributed by atoms with van der Waals surface area (Å²) in [6.07, 6.45) is 7.71. The molecule has 3 aromatic rings. The van der Waals surface area contributed by atoms with Crippen molar-refractivity contribution in [2.24, 2.45) is 0 Å². The van der Waals surface area contributed by atoms with Gasteiger partial charge in [-0.15, -0.1) is 11.3 Å². The first-order valence-electron chi connectivity index (χ1n) is 11.6. The Labute approximate surface area is 205 Å². The molecule has 1 aliphatic heterocycles. The molecule has 0 bridgehead atoms. The van der Waals surface area contributed by atoms with E-state index in [9.17, 15) is 0 Å². The Morgan fingerprint density at radius 3 is 2.74 bits per heavy atom. The second-order valence-electron chi connectivity index (χ2n) is 8.77. The van der Waals surface area contributed by atoms with E-state index in [2.05, 4.69) is 63.6 Å². The molecule has 3 aromatic heterocycles. The molecule has 0 spiro atoms. The smallest absolute Gasteiger partial charge is 0.320 e. The molecular formula is C25H33N7OS. The lowest BCUT2D eigenvalue weighted by molar-refractivity contribution is 0.309. The second kappa shape index (κ2) is 10.8. The van der Waals surface area contributed by atoms with Crippen LogP contribution in [-0.2, 0) is 0 Å². The van der Waals surface area contributed by atoms with Gasteiger partial charge in [0.25, 0.3) is 0 Å². The van der Waals surface area contributed by atoms with Gasteiger partial charge in [0.05, 0.1) is 0 Å². The van der Waals surface area contributed by atoms with Crippen molar-refractivity contribution in [2.45, 2.75) is 26.7 Å². The summed E-state index contributed by atoms with van der Waals surface area (Å²) < 4.78 is 5.94. The molecule has 0 radical (unpaired) electrons. The van der Waals surface area contributed by atoms with Gasteiger partial charge >= 0.3 is 6.01 Å². The molecule has 2 N–H and O–H groups in total. The first kappa shape index (κ1) is 24.0. The number of aromatic amines is 1. The fraction of sp³-hybridized carbons (Fsp3) is 0.400. The third kappa shape index (κ3) is 6.03. The molecule has 1 fully saturated rings. The highest BCUT2D eigenvalue weighted by atomic mass is 32.1. The minimum atomic E-state index is 0.343. The number of ether oxygens (including phenoxy) is 1. The van der Waals surface area contributed by atoms with Crippen LogP contribution in [0.3, 0.4) is 0 Å². The number of hydrogen-bond donors (Lipinski definition) is 2. The van der Waals surface area contributed by atoms with Crippen LogP contribution in [0.5, 0.6) is 6.01 Å². The molecule has 8 nitrogen and oxygen atoms in total. The van der Waals surface area contributed by atoms with Crippen molar-refractivity contribution >= 4 is 40.3 Å². The van der Waals surface area contributed by atoms with E-state index >= 15 is 0 Å². The lowest BCUT2D eigenvalue weighted by Gasteiger charge is -2.33. The molecule has 0 amide bonds. The molecule has 0 aromatic carbocycles. The molecule has 34 heavy (non-hydrogen) atoms. The van der Waals surface area contributed by atoms with Crippen molar-refractivity contribution in [1.82, 2.24) is 24.8 Å². The Kier molecular flexibility index (Phi) is 7.64. The van der Waals surface area contributed by atoms with Gasteiger partial charge in [-0.25, -0.2) is 4.98 Å². The largest absolute Gasteiger partial charge is 0.459 e. The molecular weight excluding hydrogens is 446 g/mol. The van der Waals surface area contributed by atoms with Gasteiger partial charge in [-0.3, -0.25) is 0 Å². The molecule has 0 unspecified atom stereocenters. The quantitative estimate of drug-likeness (QED) is 0.451. The Morgan fingerprint density at radius 2 is 2.03 bits per heavy atom. The van der Waals surface area contributed by atoms with Crippen molar-refractivity contribution in [3.8, 4) is 6.01 Å². The molecule has 9 heteroatoms. The van der Waals surface area contributed by atoms with Gasteiger partial charge in [0.2, 0.25) is 0 Å². The van der Waals surface area contributed by atoms with Gasteiger partial charge in [0, 0.05) is 54.7 Å². The van der Waals surface area contributed by atoms with Crippen LogP contribution < -0.4 is 15.0 Å². The SMILES string of the molecule is C=Cc1cc(C)[nH]c1/C=C\COc1nc(Nc2ncc(C(C)C)s2)cc(N2CCN(C)CC2)n1. The maximum absolute atomic E-state index is 5.94. The van der Waals surface area contributed by atoms with Crippen LogP contribution in [0.2, 0.25) is 0 Å². The fourth-order valence-corrected chi connectivity index (χ4v) is 4.51. The average Bonchev–Trinajstić information content (AvgIpc) is 3.43. The van der Waals surface area contributed by atoms with E-state index in [-0.39, 0.29) is 0 Å². The summed E-state index contributed by atoms with van der Waals surface area (Å²) in [5.74, 6) is 1.98. The average molecular weight is 480 g/mol. The minimum Gasteiger partial charge on any atom is -0.459 e. The third-order valence-electron chi connectivity index (χ3n) is 5.67. The van der Waals surface area contributed by atoms with Gasteiger partial charge < -0.3 is 24.8 Å². The number of piperazine rings is 1. The molecule has 0 atom stereocenters. The topological polar surface area (TPSA) is 82.2 Å². The van der Waals surface area contributed by atoms with Crippen LogP contribution in [0.25, 0.3) is 12.2 Å². The Hall–Kier alpha value is -3.17. The summed E-state index contributed by atoms with van der Waals surface area (Å²) in [7, 11) is 2.14. The highest BCUT2D eigenvalue weighted by Crippen LogP contribution is 2.29. The standard InChI is InChI=1S/C25H33N7OS/c1-6-19-14-18(4)27-20(19)8-7-13-33-24-28-22(29-25-26-16-21(34-25)17(2)3)15-23(30-24)32-11-9-31(5)10-12-32/h6-8,14-17,27H,1,9-13H2,2-5H3,(H,26,28,29,30)/b8-7-. The van der Waals surface area contributed by atoms with E-state index < -0.39 is 0 Å². The molecule has 180 valence electrons. The van der Waals surface area contributed by atoms with Crippen LogP contribution >= 0.6 is 11.3 Å². The van der Waals surface area contributed by atoms with Gasteiger partial charge in [0.15, 0.2) is 5.13 Å². The lowest BCUT2D eigenvalue weighted by Crippen LogP contribution is -2.44. The number of nitrogens with zero attached hydrogens (tertiary/aromatic N) is 5. The van der Waals surface area contributed by atoms with Gasteiger partial charge in [-0.05, 0) is 43.7 Å². The number of anilines is 3. The Bertz CT molecular complexity index is 1140. The normalized spacial score (nSPS) is 14.8. The van der Waals surface area contributed by atoms with Crippen molar-refractivity contribution in [3.05, 3.63) is 52.8 Å². The van der Waals surface area contributed by atoms with E-state index in [0.29, 0.717) is 24.4 Å². The monoisotopic (exact) mass is 479 g/mol. The number of nitrogens with one attached hydrogen (secondary N) is 2. The van der Waals surface area contributed by atoms with E-state index in [1.165, 1.54) is 4.88 Å². The van der Waals surface area contributed by atoms with E-state index in [1.54, 1.807) is 11.3 Å². The highest BCUT2D eigenvalue weighted by Gasteiger charge is 2.18. The van der Waals surface area contributed by atoms with Gasteiger partial charge in [-0.2, -0.15) is 9.97 Å². The van der Waals surface area contributed by atoms with Crippen LogP contribution in [0, 0.1) is 6.92 Å². The van der Waals surface area contributed by atoms with Crippen molar-refractivity contribution < 1.29 is 4.74 Å². The zero-order valence-corrected chi connectivity index (χ0v) is 21.2. The van der Waals surface area contributed by atoms with Crippen LogP contribution in [0.1, 0.15) is 41.6 Å². The Balaban J connectivity index is 1.51. The summed E-state index contributed by atoms with van der Waals surface area (Å²) in [6.45, 7) is 14.4. The van der Waals surface area contributed by atoms with Gasteiger partial charge in [-0.1, -0.05) is 26.5 Å². The first-order chi connectivity index (χ1) is 16.4. The summed E-state index contributed by atoms with van der Waals surface area (Å²) in [4.78, 5) is 23.0. The maximum atomic E-state index is 5.94. The molecule has 0 aliphatic carbocycles. The lowest BCUT2D eigenvalue weighted by atomic mass is 10.2. The van der Waals surface area contributed by atoms with E-state index in [0.717, 1.165) is 54.1 Å². The summed E-state index contributed by atoms with van der Waals surface area (Å²) >= 11 is 1.64. The number of aromatic nitrogens is 4. The molecule has 4 heterocycles. The predicted octanol–water partition coefficient (Wildman–Crippen LogP) is 4.92. The van der Waals surface area contributed by atoms with Crippen LogP contribution in [0.4, 0.5) is 16.8 Å². The molecule has 1 saturated heterocycles. The zero-order valence-electron chi connectivity index (χ0n) is 20.3. The Morgan fingerprint density at radius 1 is 1.24 bits per heavy atom. The molecule has 0 saturated carbocycles. The number of likely N-dealkylation sites (N-methyl/N-ethyl adjacent to an activating group) is 1. The van der Waals surface area contributed by atoms with Gasteiger partial charge in [0.1, 0.15) is 18.2 Å². The molecule has 1 aliphatic rings. The summed E-state index contributed by atoms with van der Waals surface area (Å²) in [6, 6.07) is 4.38. The third-order valence-corrected chi connectivity index (χ3v) is 6.89. The summed E-state index contributed by atoms with van der Waals surface area (Å²) in [5, 5.41) is 4.16. The van der Waals surface area contributed by atoms with Crippen LogP contribution in [-0.4, -0.2) is 64.7 Å².